The van der Waals surface area contributed by atoms with Gasteiger partial charge in [0.1, 0.15) is 11.4 Å². The number of imidazole rings is 1. The first-order chi connectivity index (χ1) is 10.1. The Morgan fingerprint density at radius 2 is 2.29 bits per heavy atom. The highest BCUT2D eigenvalue weighted by Crippen LogP contribution is 2.25. The highest BCUT2D eigenvalue weighted by Gasteiger charge is 2.39. The van der Waals surface area contributed by atoms with Gasteiger partial charge < -0.3 is 19.7 Å². The number of aliphatic hydroxyl groups is 1. The molecule has 2 atom stereocenters. The Hall–Kier alpha value is -1.43. The van der Waals surface area contributed by atoms with Gasteiger partial charge >= 0.3 is 0 Å². The van der Waals surface area contributed by atoms with Gasteiger partial charge in [-0.05, 0) is 26.0 Å². The van der Waals surface area contributed by atoms with Crippen molar-refractivity contribution in [3.05, 3.63) is 30.1 Å². The molecule has 0 spiro atoms. The van der Waals surface area contributed by atoms with E-state index in [-0.39, 0.29) is 6.10 Å². The lowest BCUT2D eigenvalue weighted by Gasteiger charge is -2.26. The summed E-state index contributed by atoms with van der Waals surface area (Å²) in [5.41, 5.74) is 1.42. The third-order valence-electron chi connectivity index (χ3n) is 4.42. The zero-order valence-electron chi connectivity index (χ0n) is 12.7. The lowest BCUT2D eigenvalue weighted by Crippen LogP contribution is -2.45. The van der Waals surface area contributed by atoms with E-state index in [2.05, 4.69) is 27.9 Å². The van der Waals surface area contributed by atoms with Gasteiger partial charge in [-0.2, -0.15) is 0 Å². The fourth-order valence-corrected chi connectivity index (χ4v) is 3.01. The second-order valence-electron chi connectivity index (χ2n) is 5.73. The molecule has 5 heteroatoms. The average molecular weight is 289 g/mol. The maximum absolute atomic E-state index is 10.5. The minimum atomic E-state index is -0.761. The molecule has 1 aliphatic rings. The number of hydrogen-bond acceptors (Lipinski definition) is 4. The van der Waals surface area contributed by atoms with Gasteiger partial charge in [-0.15, -0.1) is 0 Å². The zero-order chi connectivity index (χ0) is 14.9. The molecular formula is C16H23N3O2. The number of ether oxygens (including phenoxy) is 1. The van der Waals surface area contributed by atoms with Crippen molar-refractivity contribution in [3.63, 3.8) is 0 Å². The Morgan fingerprint density at radius 3 is 3.00 bits per heavy atom. The number of aromatic nitrogens is 2. The maximum Gasteiger partial charge on any atom is 0.123 e. The van der Waals surface area contributed by atoms with Crippen molar-refractivity contribution < 1.29 is 9.84 Å². The van der Waals surface area contributed by atoms with Crippen LogP contribution in [0.1, 0.15) is 26.1 Å². The Balaban J connectivity index is 1.71. The molecule has 1 aliphatic heterocycles. The van der Waals surface area contributed by atoms with Crippen LogP contribution in [0.4, 0.5) is 0 Å². The number of rotatable bonds is 5. The molecular weight excluding hydrogens is 266 g/mol. The summed E-state index contributed by atoms with van der Waals surface area (Å²) in [5.74, 6) is 1.01. The largest absolute Gasteiger partial charge is 0.386 e. The molecule has 0 amide bonds. The molecule has 0 bridgehead atoms. The third kappa shape index (κ3) is 2.69. The van der Waals surface area contributed by atoms with Gasteiger partial charge in [-0.25, -0.2) is 4.98 Å². The van der Waals surface area contributed by atoms with Crippen LogP contribution in [-0.2, 0) is 17.8 Å². The molecule has 1 saturated heterocycles. The van der Waals surface area contributed by atoms with Crippen LogP contribution >= 0.6 is 0 Å². The Morgan fingerprint density at radius 1 is 1.48 bits per heavy atom. The molecule has 0 aliphatic carbocycles. The van der Waals surface area contributed by atoms with E-state index in [4.69, 9.17) is 4.74 Å². The fraction of sp³-hybridized carbons (Fsp3) is 0.562. The summed E-state index contributed by atoms with van der Waals surface area (Å²) in [7, 11) is 0. The first-order valence-electron chi connectivity index (χ1n) is 7.63. The summed E-state index contributed by atoms with van der Waals surface area (Å²) in [5, 5.41) is 13.8. The predicted octanol–water partition coefficient (Wildman–Crippen LogP) is 1.69. The van der Waals surface area contributed by atoms with Crippen molar-refractivity contribution in [1.29, 1.82) is 0 Å². The van der Waals surface area contributed by atoms with E-state index >= 15 is 0 Å². The molecule has 21 heavy (non-hydrogen) atoms. The van der Waals surface area contributed by atoms with Crippen LogP contribution in [0.25, 0.3) is 11.0 Å². The Labute approximate surface area is 124 Å². The van der Waals surface area contributed by atoms with Crippen LogP contribution in [0, 0.1) is 0 Å². The van der Waals surface area contributed by atoms with E-state index in [1.54, 1.807) is 0 Å². The topological polar surface area (TPSA) is 59.3 Å². The molecule has 3 rings (SSSR count). The second kappa shape index (κ2) is 5.75. The number of hydrogen-bond donors (Lipinski definition) is 2. The van der Waals surface area contributed by atoms with Crippen molar-refractivity contribution in [1.82, 2.24) is 14.9 Å². The smallest absolute Gasteiger partial charge is 0.123 e. The predicted molar refractivity (Wildman–Crippen MR) is 82.1 cm³/mol. The van der Waals surface area contributed by atoms with E-state index in [0.29, 0.717) is 26.1 Å². The SMILES string of the molecule is CCn1c(CNCC2(O)CCOC2C)nc2ccccc21. The standard InChI is InChI=1S/C16H23N3O2/c1-3-19-14-7-5-4-6-13(14)18-15(19)10-17-11-16(20)8-9-21-12(16)2/h4-7,12,17,20H,3,8-11H2,1-2H3. The Bertz CT molecular complexity index is 625. The van der Waals surface area contributed by atoms with Crippen LogP contribution in [0.15, 0.2) is 24.3 Å². The van der Waals surface area contributed by atoms with Gasteiger partial charge in [-0.3, -0.25) is 0 Å². The zero-order valence-corrected chi connectivity index (χ0v) is 12.7. The molecule has 0 saturated carbocycles. The fourth-order valence-electron chi connectivity index (χ4n) is 3.01. The number of nitrogens with one attached hydrogen (secondary N) is 1. The van der Waals surface area contributed by atoms with Gasteiger partial charge in [0.15, 0.2) is 0 Å². The molecule has 1 aromatic heterocycles. The van der Waals surface area contributed by atoms with Crippen LogP contribution in [0.3, 0.4) is 0 Å². The lowest BCUT2D eigenvalue weighted by molar-refractivity contribution is -0.0264. The summed E-state index contributed by atoms with van der Waals surface area (Å²) >= 11 is 0. The van der Waals surface area contributed by atoms with Gasteiger partial charge in [0.05, 0.1) is 23.7 Å². The molecule has 2 heterocycles. The van der Waals surface area contributed by atoms with Gasteiger partial charge in [0, 0.05) is 26.1 Å². The highest BCUT2D eigenvalue weighted by atomic mass is 16.5. The summed E-state index contributed by atoms with van der Waals surface area (Å²) in [6.45, 7) is 6.75. The van der Waals surface area contributed by atoms with E-state index < -0.39 is 5.60 Å². The van der Waals surface area contributed by atoms with Crippen molar-refractivity contribution in [2.24, 2.45) is 0 Å². The molecule has 2 unspecified atom stereocenters. The number of para-hydroxylation sites is 2. The van der Waals surface area contributed by atoms with Crippen LogP contribution in [-0.4, -0.2) is 39.5 Å². The number of nitrogens with zero attached hydrogens (tertiary/aromatic N) is 2. The van der Waals surface area contributed by atoms with Gasteiger partial charge in [0.2, 0.25) is 0 Å². The van der Waals surface area contributed by atoms with E-state index in [0.717, 1.165) is 23.4 Å². The number of aryl methyl sites for hydroxylation is 1. The quantitative estimate of drug-likeness (QED) is 0.879. The third-order valence-corrected chi connectivity index (χ3v) is 4.42. The molecule has 1 aromatic carbocycles. The monoisotopic (exact) mass is 289 g/mol. The molecule has 0 radical (unpaired) electrons. The summed E-state index contributed by atoms with van der Waals surface area (Å²) in [6.07, 6.45) is 0.570. The first kappa shape index (κ1) is 14.5. The van der Waals surface area contributed by atoms with Gasteiger partial charge in [0.25, 0.3) is 0 Å². The summed E-state index contributed by atoms with van der Waals surface area (Å²) < 4.78 is 7.66. The first-order valence-corrected chi connectivity index (χ1v) is 7.63. The normalized spacial score (nSPS) is 25.8. The summed E-state index contributed by atoms with van der Waals surface area (Å²) in [4.78, 5) is 4.68. The molecule has 1 fully saturated rings. The lowest BCUT2D eigenvalue weighted by atomic mass is 9.97. The molecule has 114 valence electrons. The van der Waals surface area contributed by atoms with Crippen molar-refractivity contribution >= 4 is 11.0 Å². The van der Waals surface area contributed by atoms with Crippen molar-refractivity contribution in [2.45, 2.75) is 45.1 Å². The van der Waals surface area contributed by atoms with E-state index in [1.165, 1.54) is 0 Å². The minimum absolute atomic E-state index is 0.116. The molecule has 2 N–H and O–H groups in total. The second-order valence-corrected chi connectivity index (χ2v) is 5.73. The van der Waals surface area contributed by atoms with Crippen molar-refractivity contribution in [3.8, 4) is 0 Å². The van der Waals surface area contributed by atoms with E-state index in [1.807, 2.05) is 25.1 Å². The molecule has 2 aromatic rings. The maximum atomic E-state index is 10.5. The van der Waals surface area contributed by atoms with Crippen molar-refractivity contribution in [2.75, 3.05) is 13.2 Å². The van der Waals surface area contributed by atoms with Gasteiger partial charge in [-0.1, -0.05) is 12.1 Å². The Kier molecular flexibility index (Phi) is 3.97. The van der Waals surface area contributed by atoms with Crippen LogP contribution < -0.4 is 5.32 Å². The minimum Gasteiger partial charge on any atom is -0.386 e. The van der Waals surface area contributed by atoms with Crippen LogP contribution in [0.5, 0.6) is 0 Å². The average Bonchev–Trinajstić information content (AvgIpc) is 3.00. The number of benzene rings is 1. The van der Waals surface area contributed by atoms with E-state index in [9.17, 15) is 5.11 Å². The summed E-state index contributed by atoms with van der Waals surface area (Å²) in [6, 6.07) is 8.17. The number of fused-ring (bicyclic) bond motifs is 1. The highest BCUT2D eigenvalue weighted by molar-refractivity contribution is 5.75. The van der Waals surface area contributed by atoms with Crippen LogP contribution in [0.2, 0.25) is 0 Å². The molecule has 5 nitrogen and oxygen atoms in total.